The topological polar surface area (TPSA) is 71.6 Å². The first-order valence-electron chi connectivity index (χ1n) is 12.8. The van der Waals surface area contributed by atoms with E-state index in [-0.39, 0.29) is 23.2 Å². The first-order valence-corrected chi connectivity index (χ1v) is 13.2. The van der Waals surface area contributed by atoms with E-state index in [4.69, 9.17) is 22.1 Å². The van der Waals surface area contributed by atoms with Crippen LogP contribution < -0.4 is 5.73 Å². The minimum absolute atomic E-state index is 0.0567. The summed E-state index contributed by atoms with van der Waals surface area (Å²) in [4.78, 5) is 6.36. The highest BCUT2D eigenvalue weighted by Gasteiger charge is 2.35. The van der Waals surface area contributed by atoms with Crippen LogP contribution in [0.1, 0.15) is 67.2 Å². The van der Waals surface area contributed by atoms with Crippen LogP contribution in [0.3, 0.4) is 0 Å². The van der Waals surface area contributed by atoms with Crippen molar-refractivity contribution in [1.82, 2.24) is 9.88 Å². The molecular weight excluding hydrogens is 515 g/mol. The Balaban J connectivity index is 1.53. The van der Waals surface area contributed by atoms with Crippen LogP contribution in [0.4, 0.5) is 18.9 Å². The van der Waals surface area contributed by atoms with Crippen molar-refractivity contribution in [2.75, 3.05) is 25.4 Å². The second kappa shape index (κ2) is 14.5. The number of ether oxygens (including phenoxy) is 1. The van der Waals surface area contributed by atoms with Crippen molar-refractivity contribution in [3.8, 4) is 0 Å². The fourth-order valence-electron chi connectivity index (χ4n) is 4.25. The van der Waals surface area contributed by atoms with Crippen LogP contribution in [0.25, 0.3) is 0 Å². The highest BCUT2D eigenvalue weighted by atomic mass is 35.5. The molecule has 3 N–H and O–H groups in total. The molecule has 38 heavy (non-hydrogen) atoms. The Hall–Kier alpha value is -2.65. The number of aliphatic hydroxyl groups excluding tert-OH is 1. The van der Waals surface area contributed by atoms with Crippen LogP contribution in [0.5, 0.6) is 0 Å². The fraction of sp³-hybridized carbons (Fsp3) is 0.414. The summed E-state index contributed by atoms with van der Waals surface area (Å²) < 4.78 is 46.1. The Morgan fingerprint density at radius 2 is 1.74 bits per heavy atom. The van der Waals surface area contributed by atoms with Gasteiger partial charge in [0.15, 0.2) is 0 Å². The van der Waals surface area contributed by atoms with Crippen molar-refractivity contribution in [3.05, 3.63) is 94.3 Å². The predicted molar refractivity (Wildman–Crippen MR) is 145 cm³/mol. The van der Waals surface area contributed by atoms with Crippen molar-refractivity contribution in [2.45, 2.75) is 57.5 Å². The van der Waals surface area contributed by atoms with Gasteiger partial charge >= 0.3 is 6.18 Å². The number of nitrogens with zero attached hydrogens (tertiary/aromatic N) is 2. The number of aromatic nitrogens is 1. The summed E-state index contributed by atoms with van der Waals surface area (Å²) in [6, 6.07) is 17.7. The van der Waals surface area contributed by atoms with Gasteiger partial charge in [0.25, 0.3) is 0 Å². The van der Waals surface area contributed by atoms with Crippen LogP contribution in [0.2, 0.25) is 5.02 Å². The lowest BCUT2D eigenvalue weighted by Gasteiger charge is -2.26. The van der Waals surface area contributed by atoms with Gasteiger partial charge in [-0.2, -0.15) is 13.2 Å². The summed E-state index contributed by atoms with van der Waals surface area (Å²) in [6.07, 6.45) is -0.364. The first-order chi connectivity index (χ1) is 18.1. The Morgan fingerprint density at radius 3 is 2.42 bits per heavy atom. The smallest absolute Gasteiger partial charge is 0.397 e. The number of nitrogens with two attached hydrogens (primary N) is 1. The first kappa shape index (κ1) is 29.9. The van der Waals surface area contributed by atoms with E-state index >= 15 is 0 Å². The molecule has 0 bridgehead atoms. The molecule has 5 nitrogen and oxygen atoms in total. The van der Waals surface area contributed by atoms with Gasteiger partial charge < -0.3 is 15.6 Å². The van der Waals surface area contributed by atoms with E-state index in [1.54, 1.807) is 6.20 Å². The van der Waals surface area contributed by atoms with Gasteiger partial charge in [0.2, 0.25) is 0 Å². The summed E-state index contributed by atoms with van der Waals surface area (Å²) in [5.74, 6) is 0. The quantitative estimate of drug-likeness (QED) is 0.164. The van der Waals surface area contributed by atoms with Crippen molar-refractivity contribution in [2.24, 2.45) is 0 Å². The number of nitrogen functional groups attached to an aromatic ring is 1. The highest BCUT2D eigenvalue weighted by Crippen LogP contribution is 2.39. The average Bonchev–Trinajstić information content (AvgIpc) is 2.89. The van der Waals surface area contributed by atoms with E-state index < -0.39 is 23.5 Å². The fourth-order valence-corrected chi connectivity index (χ4v) is 4.47. The molecule has 0 saturated carbocycles. The third kappa shape index (κ3) is 9.27. The predicted octanol–water partition coefficient (Wildman–Crippen LogP) is 7.21. The SMILES string of the molecule is CC(OCCCCCCN(Cc1ccccc1)CC(O)c1cc(Cl)c(N)c(C(F)(F)F)c1)c1ccccn1. The van der Waals surface area contributed by atoms with Crippen molar-refractivity contribution < 1.29 is 23.0 Å². The van der Waals surface area contributed by atoms with E-state index in [0.29, 0.717) is 19.7 Å². The number of anilines is 1. The van der Waals surface area contributed by atoms with Crippen molar-refractivity contribution >= 4 is 17.3 Å². The molecule has 0 aliphatic carbocycles. The van der Waals surface area contributed by atoms with Gasteiger partial charge in [0, 0.05) is 25.9 Å². The lowest BCUT2D eigenvalue weighted by molar-refractivity contribution is -0.137. The molecule has 0 saturated heterocycles. The molecule has 2 unspecified atom stereocenters. The number of rotatable bonds is 14. The lowest BCUT2D eigenvalue weighted by Crippen LogP contribution is -2.29. The summed E-state index contributed by atoms with van der Waals surface area (Å²) in [5, 5.41) is 10.6. The van der Waals surface area contributed by atoms with Crippen molar-refractivity contribution in [3.63, 3.8) is 0 Å². The summed E-state index contributed by atoms with van der Waals surface area (Å²) in [6.45, 7) is 4.05. The second-order valence-electron chi connectivity index (χ2n) is 9.38. The van der Waals surface area contributed by atoms with E-state index in [1.807, 2.05) is 55.5 Å². The maximum absolute atomic E-state index is 13.4. The zero-order valence-electron chi connectivity index (χ0n) is 21.5. The van der Waals surface area contributed by atoms with Gasteiger partial charge in [0.1, 0.15) is 0 Å². The minimum Gasteiger partial charge on any atom is -0.397 e. The Bertz CT molecular complexity index is 1120. The Morgan fingerprint density at radius 1 is 1.03 bits per heavy atom. The van der Waals surface area contributed by atoms with Crippen LogP contribution in [-0.4, -0.2) is 34.7 Å². The third-order valence-corrected chi connectivity index (χ3v) is 6.68. The molecule has 0 spiro atoms. The van der Waals surface area contributed by atoms with Gasteiger partial charge in [-0.05, 0) is 61.7 Å². The van der Waals surface area contributed by atoms with E-state index in [1.165, 1.54) is 6.07 Å². The molecule has 2 atom stereocenters. The van der Waals surface area contributed by atoms with Gasteiger partial charge in [-0.3, -0.25) is 9.88 Å². The molecule has 1 heterocycles. The van der Waals surface area contributed by atoms with Gasteiger partial charge in [-0.1, -0.05) is 60.8 Å². The molecule has 2 aromatic carbocycles. The molecule has 0 aliphatic rings. The zero-order valence-corrected chi connectivity index (χ0v) is 22.3. The summed E-state index contributed by atoms with van der Waals surface area (Å²) in [7, 11) is 0. The second-order valence-corrected chi connectivity index (χ2v) is 9.79. The molecule has 0 radical (unpaired) electrons. The van der Waals surface area contributed by atoms with Crippen LogP contribution >= 0.6 is 11.6 Å². The summed E-state index contributed by atoms with van der Waals surface area (Å²) >= 11 is 5.97. The van der Waals surface area contributed by atoms with Crippen LogP contribution in [0.15, 0.2) is 66.9 Å². The van der Waals surface area contributed by atoms with Crippen molar-refractivity contribution in [1.29, 1.82) is 0 Å². The lowest BCUT2D eigenvalue weighted by atomic mass is 10.0. The molecule has 0 fully saturated rings. The van der Waals surface area contributed by atoms with Gasteiger partial charge in [-0.15, -0.1) is 0 Å². The standard InChI is InChI=1S/C29H35ClF3N3O2/c1-21(26-13-7-8-14-35-26)38-16-10-3-2-9-15-36(19-22-11-5-4-6-12-22)20-27(37)23-17-24(29(31,32)33)28(34)25(30)18-23/h4-8,11-14,17-18,21,27,37H,2-3,9-10,15-16,19-20,34H2,1H3. The number of unbranched alkanes of at least 4 members (excludes halogenated alkanes) is 3. The molecular formula is C29H35ClF3N3O2. The average molecular weight is 550 g/mol. The molecule has 3 aromatic rings. The molecule has 0 aliphatic heterocycles. The number of aliphatic hydroxyl groups is 1. The molecule has 9 heteroatoms. The maximum Gasteiger partial charge on any atom is 0.418 e. The Labute approximate surface area is 227 Å². The van der Waals surface area contributed by atoms with Gasteiger partial charge in [0.05, 0.1) is 34.2 Å². The number of pyridine rings is 1. The van der Waals surface area contributed by atoms with Gasteiger partial charge in [-0.25, -0.2) is 0 Å². The largest absolute Gasteiger partial charge is 0.418 e. The molecule has 1 aromatic heterocycles. The normalized spacial score (nSPS) is 13.6. The number of benzene rings is 2. The zero-order chi connectivity index (χ0) is 27.5. The number of hydrogen-bond donors (Lipinski definition) is 2. The van der Waals surface area contributed by atoms with E-state index in [9.17, 15) is 18.3 Å². The summed E-state index contributed by atoms with van der Waals surface area (Å²) in [5.41, 5.74) is 6.04. The number of hydrogen-bond acceptors (Lipinski definition) is 5. The monoisotopic (exact) mass is 549 g/mol. The maximum atomic E-state index is 13.4. The Kier molecular flexibility index (Phi) is 11.4. The number of halogens is 4. The minimum atomic E-state index is -4.66. The molecule has 0 amide bonds. The third-order valence-electron chi connectivity index (χ3n) is 6.36. The molecule has 206 valence electrons. The van der Waals surface area contributed by atoms with Crippen LogP contribution in [0, 0.1) is 0 Å². The highest BCUT2D eigenvalue weighted by molar-refractivity contribution is 6.33. The van der Waals surface area contributed by atoms with E-state index in [0.717, 1.165) is 43.0 Å². The number of alkyl halides is 3. The van der Waals surface area contributed by atoms with Crippen LogP contribution in [-0.2, 0) is 17.5 Å². The van der Waals surface area contributed by atoms with E-state index in [2.05, 4.69) is 9.88 Å². The molecule has 3 rings (SSSR count).